The van der Waals surface area contributed by atoms with Gasteiger partial charge in [-0.2, -0.15) is 0 Å². The minimum absolute atomic E-state index is 0.131. The Balaban J connectivity index is 2.04. The summed E-state index contributed by atoms with van der Waals surface area (Å²) in [5.74, 6) is 0.136. The zero-order chi connectivity index (χ0) is 13.0. The molecule has 2 N–H and O–H groups in total. The molecule has 0 saturated carbocycles. The van der Waals surface area contributed by atoms with Gasteiger partial charge in [-0.25, -0.2) is 0 Å². The summed E-state index contributed by atoms with van der Waals surface area (Å²) in [5, 5.41) is 0. The maximum Gasteiger partial charge on any atom is 0.225 e. The highest BCUT2D eigenvalue weighted by Crippen LogP contribution is 2.17. The Morgan fingerprint density at radius 2 is 2.17 bits per heavy atom. The lowest BCUT2D eigenvalue weighted by Crippen LogP contribution is -2.37. The van der Waals surface area contributed by atoms with Gasteiger partial charge in [0.2, 0.25) is 5.91 Å². The van der Waals surface area contributed by atoms with Crippen LogP contribution in [0.25, 0.3) is 0 Å². The number of hydrogen-bond acceptors (Lipinski definition) is 3. The quantitative estimate of drug-likeness (QED) is 0.875. The lowest BCUT2D eigenvalue weighted by Gasteiger charge is -2.24. The summed E-state index contributed by atoms with van der Waals surface area (Å²) >= 11 is 0. The van der Waals surface area contributed by atoms with Crippen molar-refractivity contribution in [3.8, 4) is 0 Å². The zero-order valence-electron chi connectivity index (χ0n) is 10.8. The third-order valence-corrected chi connectivity index (χ3v) is 3.32. The molecule has 1 atom stereocenters. The molecule has 1 unspecified atom stereocenters. The molecule has 1 heterocycles. The molecule has 18 heavy (non-hydrogen) atoms. The molecule has 0 aliphatic carbocycles. The van der Waals surface area contributed by atoms with Gasteiger partial charge in [-0.05, 0) is 18.1 Å². The number of aryl methyl sites for hydroxylation is 1. The number of benzene rings is 1. The molecule has 2 rings (SSSR count). The number of rotatable bonds is 3. The monoisotopic (exact) mass is 248 g/mol. The average Bonchev–Trinajstić information content (AvgIpc) is 2.55. The van der Waals surface area contributed by atoms with Gasteiger partial charge in [0.15, 0.2) is 0 Å². The number of ether oxygens (including phenoxy) is 1. The van der Waals surface area contributed by atoms with Gasteiger partial charge in [-0.3, -0.25) is 4.79 Å². The van der Waals surface area contributed by atoms with E-state index in [9.17, 15) is 4.79 Å². The second kappa shape index (κ2) is 5.98. The highest BCUT2D eigenvalue weighted by molar-refractivity contribution is 5.76. The number of nitrogens with zero attached hydrogens (tertiary/aromatic N) is 1. The predicted molar refractivity (Wildman–Crippen MR) is 70.1 cm³/mol. The van der Waals surface area contributed by atoms with Crippen LogP contribution in [-0.2, 0) is 9.53 Å². The fourth-order valence-corrected chi connectivity index (χ4v) is 2.25. The van der Waals surface area contributed by atoms with Gasteiger partial charge in [-0.15, -0.1) is 0 Å². The molecule has 1 aliphatic heterocycles. The molecule has 1 fully saturated rings. The van der Waals surface area contributed by atoms with E-state index in [1.807, 2.05) is 36.1 Å². The molecule has 4 nitrogen and oxygen atoms in total. The van der Waals surface area contributed by atoms with E-state index in [2.05, 4.69) is 0 Å². The number of carbonyl (C=O) groups excluding carboxylic acids is 1. The number of amides is 1. The van der Waals surface area contributed by atoms with Crippen molar-refractivity contribution in [2.75, 3.05) is 26.3 Å². The van der Waals surface area contributed by atoms with Crippen LogP contribution >= 0.6 is 0 Å². The van der Waals surface area contributed by atoms with Gasteiger partial charge in [-0.1, -0.05) is 24.3 Å². The molecule has 1 aliphatic rings. The molecule has 4 heteroatoms. The lowest BCUT2D eigenvalue weighted by atomic mass is 10.0. The lowest BCUT2D eigenvalue weighted by molar-refractivity contribution is -0.130. The number of hydrogen-bond donors (Lipinski definition) is 1. The van der Waals surface area contributed by atoms with Gasteiger partial charge >= 0.3 is 0 Å². The molecule has 0 radical (unpaired) electrons. The van der Waals surface area contributed by atoms with E-state index >= 15 is 0 Å². The first kappa shape index (κ1) is 13.1. The van der Waals surface area contributed by atoms with Crippen LogP contribution in [0, 0.1) is 6.92 Å². The van der Waals surface area contributed by atoms with Crippen molar-refractivity contribution in [2.24, 2.45) is 5.73 Å². The van der Waals surface area contributed by atoms with Crippen molar-refractivity contribution in [2.45, 2.75) is 19.4 Å². The van der Waals surface area contributed by atoms with E-state index < -0.39 is 0 Å². The van der Waals surface area contributed by atoms with E-state index in [4.69, 9.17) is 10.5 Å². The molecule has 0 bridgehead atoms. The summed E-state index contributed by atoms with van der Waals surface area (Å²) in [7, 11) is 0. The van der Waals surface area contributed by atoms with Crippen molar-refractivity contribution in [1.29, 1.82) is 0 Å². The number of carbonyl (C=O) groups is 1. The largest absolute Gasteiger partial charge is 0.379 e. The molecule has 1 aromatic carbocycles. The maximum atomic E-state index is 11.9. The summed E-state index contributed by atoms with van der Waals surface area (Å²) < 4.78 is 5.30. The van der Waals surface area contributed by atoms with Crippen LogP contribution < -0.4 is 5.73 Å². The smallest absolute Gasteiger partial charge is 0.225 e. The summed E-state index contributed by atoms with van der Waals surface area (Å²) in [4.78, 5) is 13.7. The van der Waals surface area contributed by atoms with E-state index in [-0.39, 0.29) is 11.9 Å². The Labute approximate surface area is 108 Å². The van der Waals surface area contributed by atoms with E-state index in [1.165, 1.54) is 5.56 Å². The first-order valence-corrected chi connectivity index (χ1v) is 6.35. The Hall–Kier alpha value is -1.39. The molecule has 1 amide bonds. The third-order valence-electron chi connectivity index (χ3n) is 3.32. The minimum Gasteiger partial charge on any atom is -0.379 e. The molecule has 0 aromatic heterocycles. The van der Waals surface area contributed by atoms with Crippen LogP contribution in [0.5, 0.6) is 0 Å². The Morgan fingerprint density at radius 1 is 1.39 bits per heavy atom. The second-order valence-electron chi connectivity index (χ2n) is 4.67. The highest BCUT2D eigenvalue weighted by atomic mass is 16.5. The first-order valence-electron chi connectivity index (χ1n) is 6.35. The summed E-state index contributed by atoms with van der Waals surface area (Å²) in [6, 6.07) is 7.92. The minimum atomic E-state index is -0.131. The molecule has 98 valence electrons. The average molecular weight is 248 g/mol. The summed E-state index contributed by atoms with van der Waals surface area (Å²) in [6.07, 6.45) is 0.459. The standard InChI is InChI=1S/C14H20N2O2/c1-11-4-2-3-5-12(11)13(15)10-16-7-9-18-8-6-14(16)17/h2-5,13H,6-10,15H2,1H3. The fraction of sp³-hybridized carbons (Fsp3) is 0.500. The fourth-order valence-electron chi connectivity index (χ4n) is 2.25. The molecular weight excluding hydrogens is 228 g/mol. The molecule has 1 saturated heterocycles. The van der Waals surface area contributed by atoms with Crippen LogP contribution in [-0.4, -0.2) is 37.1 Å². The van der Waals surface area contributed by atoms with Crippen LogP contribution in [0.2, 0.25) is 0 Å². The second-order valence-corrected chi connectivity index (χ2v) is 4.67. The normalized spacial score (nSPS) is 18.6. The molecular formula is C14H20N2O2. The third kappa shape index (κ3) is 3.09. The van der Waals surface area contributed by atoms with Crippen molar-refractivity contribution >= 4 is 5.91 Å². The van der Waals surface area contributed by atoms with Crippen molar-refractivity contribution in [3.63, 3.8) is 0 Å². The Bertz CT molecular complexity index is 420. The van der Waals surface area contributed by atoms with Crippen LogP contribution in [0.15, 0.2) is 24.3 Å². The van der Waals surface area contributed by atoms with Crippen LogP contribution in [0.3, 0.4) is 0 Å². The van der Waals surface area contributed by atoms with E-state index in [1.54, 1.807) is 0 Å². The van der Waals surface area contributed by atoms with Gasteiger partial charge < -0.3 is 15.4 Å². The number of nitrogens with two attached hydrogens (primary N) is 1. The van der Waals surface area contributed by atoms with E-state index in [0.29, 0.717) is 32.7 Å². The van der Waals surface area contributed by atoms with Gasteiger partial charge in [0.1, 0.15) is 0 Å². The molecule has 0 spiro atoms. The summed E-state index contributed by atoms with van der Waals surface area (Å²) in [5.41, 5.74) is 8.48. The van der Waals surface area contributed by atoms with Crippen molar-refractivity contribution in [1.82, 2.24) is 4.90 Å². The topological polar surface area (TPSA) is 55.6 Å². The van der Waals surface area contributed by atoms with Crippen LogP contribution in [0.1, 0.15) is 23.6 Å². The highest BCUT2D eigenvalue weighted by Gasteiger charge is 2.20. The predicted octanol–water partition coefficient (Wildman–Crippen LogP) is 1.24. The maximum absolute atomic E-state index is 11.9. The van der Waals surface area contributed by atoms with Crippen molar-refractivity contribution in [3.05, 3.63) is 35.4 Å². The Kier molecular flexibility index (Phi) is 4.33. The van der Waals surface area contributed by atoms with Crippen LogP contribution in [0.4, 0.5) is 0 Å². The van der Waals surface area contributed by atoms with E-state index in [0.717, 1.165) is 5.56 Å². The Morgan fingerprint density at radius 3 is 2.94 bits per heavy atom. The summed E-state index contributed by atoms with van der Waals surface area (Å²) in [6.45, 7) is 4.37. The first-order chi connectivity index (χ1) is 8.68. The SMILES string of the molecule is Cc1ccccc1C(N)CN1CCOCCC1=O. The van der Waals surface area contributed by atoms with Gasteiger partial charge in [0, 0.05) is 19.1 Å². The van der Waals surface area contributed by atoms with Crippen molar-refractivity contribution < 1.29 is 9.53 Å². The van der Waals surface area contributed by atoms with Gasteiger partial charge in [0.05, 0.1) is 19.6 Å². The molecule has 1 aromatic rings. The van der Waals surface area contributed by atoms with Gasteiger partial charge in [0.25, 0.3) is 0 Å². The zero-order valence-corrected chi connectivity index (χ0v) is 10.8.